The van der Waals surface area contributed by atoms with Crippen LogP contribution in [0, 0.1) is 5.82 Å². The predicted octanol–water partition coefficient (Wildman–Crippen LogP) is 5.19. The number of hydrogen-bond donors (Lipinski definition) is 0. The number of fused-ring (bicyclic) bond motifs is 1. The number of benzene rings is 2. The summed E-state index contributed by atoms with van der Waals surface area (Å²) in [7, 11) is 1.63. The minimum Gasteiger partial charge on any atom is -0.497 e. The van der Waals surface area contributed by atoms with E-state index in [0.717, 1.165) is 28.0 Å². The van der Waals surface area contributed by atoms with Crippen molar-refractivity contribution in [2.45, 2.75) is 26.5 Å². The topological polar surface area (TPSA) is 45.4 Å². The van der Waals surface area contributed by atoms with Gasteiger partial charge in [-0.25, -0.2) is 9.18 Å². The first kappa shape index (κ1) is 19.8. The van der Waals surface area contributed by atoms with Gasteiger partial charge in [0.1, 0.15) is 17.3 Å². The minimum absolute atomic E-state index is 0.226. The Morgan fingerprint density at radius 2 is 1.80 bits per heavy atom. The Labute approximate surface area is 174 Å². The fourth-order valence-electron chi connectivity index (χ4n) is 3.54. The minimum atomic E-state index is -0.380. The number of aromatic nitrogens is 2. The summed E-state index contributed by atoms with van der Waals surface area (Å²) < 4.78 is 28.0. The van der Waals surface area contributed by atoms with E-state index in [-0.39, 0.29) is 17.9 Å². The third kappa shape index (κ3) is 3.81. The number of carbonyl (C=O) groups excluding carboxylic acids is 1. The van der Waals surface area contributed by atoms with Crippen molar-refractivity contribution in [3.05, 3.63) is 83.9 Å². The molecule has 0 saturated heterocycles. The van der Waals surface area contributed by atoms with Crippen LogP contribution in [0.25, 0.3) is 16.7 Å². The van der Waals surface area contributed by atoms with Gasteiger partial charge in [-0.2, -0.15) is 0 Å². The summed E-state index contributed by atoms with van der Waals surface area (Å²) in [5, 5.41) is 0. The Hall–Kier alpha value is -3.54. The molecule has 4 rings (SSSR count). The zero-order chi connectivity index (χ0) is 21.3. The summed E-state index contributed by atoms with van der Waals surface area (Å²) in [6.07, 6.45) is 1.69. The van der Waals surface area contributed by atoms with Gasteiger partial charge in [-0.15, -0.1) is 0 Å². The maximum absolute atomic E-state index is 13.4. The van der Waals surface area contributed by atoms with E-state index in [1.165, 1.54) is 12.1 Å². The third-order valence-electron chi connectivity index (χ3n) is 4.89. The second-order valence-corrected chi connectivity index (χ2v) is 7.35. The number of halogens is 1. The molecule has 2 aromatic heterocycles. The molecular formula is C24H23FN2O3. The summed E-state index contributed by atoms with van der Waals surface area (Å²) in [5.41, 5.74) is 4.01. The van der Waals surface area contributed by atoms with Crippen LogP contribution in [0.1, 0.15) is 29.9 Å². The van der Waals surface area contributed by atoms with E-state index in [4.69, 9.17) is 9.47 Å². The molecule has 0 aliphatic rings. The standard InChI is InChI=1S/C24H23FN2O3/c1-16(2)30-24(28)23-14-22-21(11-12-26(22)19-9-7-18(25)8-10-19)27(23)15-17-5-4-6-20(13-17)29-3/h4-14,16H,15H2,1-3H3. The Morgan fingerprint density at radius 1 is 1.03 bits per heavy atom. The molecule has 0 unspecified atom stereocenters. The molecule has 2 heterocycles. The van der Waals surface area contributed by atoms with Gasteiger partial charge in [-0.1, -0.05) is 12.1 Å². The molecule has 154 valence electrons. The molecule has 0 bridgehead atoms. The number of esters is 1. The molecule has 30 heavy (non-hydrogen) atoms. The molecule has 0 N–H and O–H groups in total. The lowest BCUT2D eigenvalue weighted by molar-refractivity contribution is 0.0366. The van der Waals surface area contributed by atoms with Crippen LogP contribution in [0.4, 0.5) is 4.39 Å². The fraction of sp³-hybridized carbons (Fsp3) is 0.208. The largest absolute Gasteiger partial charge is 0.497 e. The van der Waals surface area contributed by atoms with E-state index in [1.807, 2.05) is 65.6 Å². The molecule has 0 radical (unpaired) electrons. The third-order valence-corrected chi connectivity index (χ3v) is 4.89. The molecule has 0 aliphatic heterocycles. The lowest BCUT2D eigenvalue weighted by Crippen LogP contribution is -2.16. The molecule has 6 heteroatoms. The molecule has 4 aromatic rings. The van der Waals surface area contributed by atoms with E-state index in [0.29, 0.717) is 12.2 Å². The van der Waals surface area contributed by atoms with Gasteiger partial charge in [0.15, 0.2) is 0 Å². The van der Waals surface area contributed by atoms with Crippen LogP contribution in [-0.2, 0) is 11.3 Å². The molecule has 2 aromatic carbocycles. The highest BCUT2D eigenvalue weighted by Crippen LogP contribution is 2.27. The van der Waals surface area contributed by atoms with Gasteiger partial charge in [-0.05, 0) is 67.9 Å². The number of hydrogen-bond acceptors (Lipinski definition) is 3. The fourth-order valence-corrected chi connectivity index (χ4v) is 3.54. The van der Waals surface area contributed by atoms with Crippen molar-refractivity contribution < 1.29 is 18.7 Å². The Bertz CT molecular complexity index is 1190. The van der Waals surface area contributed by atoms with Crippen LogP contribution in [0.2, 0.25) is 0 Å². The average Bonchev–Trinajstić information content (AvgIpc) is 3.29. The predicted molar refractivity (Wildman–Crippen MR) is 114 cm³/mol. The summed E-state index contributed by atoms with van der Waals surface area (Å²) in [6.45, 7) is 4.13. The van der Waals surface area contributed by atoms with Crippen molar-refractivity contribution in [2.24, 2.45) is 0 Å². The van der Waals surface area contributed by atoms with Crippen LogP contribution < -0.4 is 4.74 Å². The van der Waals surface area contributed by atoms with Gasteiger partial charge in [-0.3, -0.25) is 0 Å². The number of carbonyl (C=O) groups is 1. The van der Waals surface area contributed by atoms with Gasteiger partial charge in [0.05, 0.1) is 24.2 Å². The van der Waals surface area contributed by atoms with E-state index in [2.05, 4.69) is 0 Å². The van der Waals surface area contributed by atoms with Crippen molar-refractivity contribution in [3.63, 3.8) is 0 Å². The van der Waals surface area contributed by atoms with E-state index in [1.54, 1.807) is 19.2 Å². The zero-order valence-corrected chi connectivity index (χ0v) is 17.1. The molecule has 0 fully saturated rings. The summed E-state index contributed by atoms with van der Waals surface area (Å²) in [5.74, 6) is 0.0831. The van der Waals surface area contributed by atoms with Crippen molar-refractivity contribution in [3.8, 4) is 11.4 Å². The smallest absolute Gasteiger partial charge is 0.355 e. The van der Waals surface area contributed by atoms with Crippen LogP contribution in [0.5, 0.6) is 5.75 Å². The first-order valence-electron chi connectivity index (χ1n) is 9.76. The monoisotopic (exact) mass is 406 g/mol. The van der Waals surface area contributed by atoms with Crippen molar-refractivity contribution in [1.29, 1.82) is 0 Å². The number of nitrogens with zero attached hydrogens (tertiary/aromatic N) is 2. The van der Waals surface area contributed by atoms with Crippen molar-refractivity contribution in [1.82, 2.24) is 9.13 Å². The number of rotatable bonds is 6. The first-order valence-corrected chi connectivity index (χ1v) is 9.76. The first-order chi connectivity index (χ1) is 14.5. The highest BCUT2D eigenvalue weighted by molar-refractivity contribution is 5.95. The second kappa shape index (κ2) is 8.06. The Balaban J connectivity index is 1.83. The number of ether oxygens (including phenoxy) is 2. The van der Waals surface area contributed by atoms with Gasteiger partial charge < -0.3 is 18.6 Å². The lowest BCUT2D eigenvalue weighted by atomic mass is 10.2. The molecule has 0 aliphatic carbocycles. The highest BCUT2D eigenvalue weighted by atomic mass is 19.1. The Morgan fingerprint density at radius 3 is 2.50 bits per heavy atom. The second-order valence-electron chi connectivity index (χ2n) is 7.35. The summed E-state index contributed by atoms with van der Waals surface area (Å²) in [4.78, 5) is 12.8. The quantitative estimate of drug-likeness (QED) is 0.414. The summed E-state index contributed by atoms with van der Waals surface area (Å²) >= 11 is 0. The van der Waals surface area contributed by atoms with Crippen molar-refractivity contribution >= 4 is 17.0 Å². The average molecular weight is 406 g/mol. The maximum atomic E-state index is 13.4. The zero-order valence-electron chi connectivity index (χ0n) is 17.1. The molecule has 0 atom stereocenters. The van der Waals surface area contributed by atoms with Gasteiger partial charge >= 0.3 is 5.97 Å². The SMILES string of the molecule is COc1cccc(Cn2c(C(=O)OC(C)C)cc3c2ccn3-c2ccc(F)cc2)c1. The molecule has 0 amide bonds. The lowest BCUT2D eigenvalue weighted by Gasteiger charge is -2.12. The van der Waals surface area contributed by atoms with Crippen LogP contribution in [0.3, 0.4) is 0 Å². The Kier molecular flexibility index (Phi) is 5.31. The summed E-state index contributed by atoms with van der Waals surface area (Å²) in [6, 6.07) is 17.8. The molecular weight excluding hydrogens is 383 g/mol. The van der Waals surface area contributed by atoms with E-state index >= 15 is 0 Å². The van der Waals surface area contributed by atoms with E-state index < -0.39 is 0 Å². The van der Waals surface area contributed by atoms with Crippen LogP contribution in [0.15, 0.2) is 66.9 Å². The van der Waals surface area contributed by atoms with Crippen LogP contribution in [-0.4, -0.2) is 28.3 Å². The van der Waals surface area contributed by atoms with Crippen molar-refractivity contribution in [2.75, 3.05) is 7.11 Å². The highest BCUT2D eigenvalue weighted by Gasteiger charge is 2.21. The maximum Gasteiger partial charge on any atom is 0.355 e. The number of methoxy groups -OCH3 is 1. The van der Waals surface area contributed by atoms with Gasteiger partial charge in [0.25, 0.3) is 0 Å². The van der Waals surface area contributed by atoms with E-state index in [9.17, 15) is 9.18 Å². The molecule has 0 saturated carbocycles. The van der Waals surface area contributed by atoms with Gasteiger partial charge in [0, 0.05) is 18.4 Å². The van der Waals surface area contributed by atoms with Crippen LogP contribution >= 0.6 is 0 Å². The molecule has 0 spiro atoms. The van der Waals surface area contributed by atoms with Gasteiger partial charge in [0.2, 0.25) is 0 Å². The normalized spacial score (nSPS) is 11.2. The molecule has 5 nitrogen and oxygen atoms in total.